The number of carbonyl (C=O) groups is 2. The van der Waals surface area contributed by atoms with Crippen LogP contribution in [0.25, 0.3) is 0 Å². The Kier molecular flexibility index (Phi) is 8.21. The highest BCUT2D eigenvalue weighted by molar-refractivity contribution is 6.31. The summed E-state index contributed by atoms with van der Waals surface area (Å²) in [6.07, 6.45) is -12.6. The van der Waals surface area contributed by atoms with Crippen molar-refractivity contribution >= 4 is 29.1 Å². The Morgan fingerprint density at radius 1 is 1.06 bits per heavy atom. The number of hydrogen-bond acceptors (Lipinski definition) is 4. The molecule has 1 saturated heterocycles. The third kappa shape index (κ3) is 5.95. The van der Waals surface area contributed by atoms with Crippen molar-refractivity contribution in [2.75, 3.05) is 18.5 Å². The normalized spacial score (nSPS) is 17.3. The van der Waals surface area contributed by atoms with Gasteiger partial charge in [-0.05, 0) is 41.9 Å². The Bertz CT molecular complexity index is 894. The molecule has 0 bridgehead atoms. The Balaban J connectivity index is 2.35. The van der Waals surface area contributed by atoms with E-state index in [-0.39, 0.29) is 42.2 Å². The number of nitrogens with one attached hydrogen (secondary N) is 2. The van der Waals surface area contributed by atoms with E-state index in [4.69, 9.17) is 16.3 Å². The molecule has 0 aromatic heterocycles. The van der Waals surface area contributed by atoms with Gasteiger partial charge >= 0.3 is 18.0 Å². The molecule has 0 unspecified atom stereocenters. The highest BCUT2D eigenvalue weighted by Crippen LogP contribution is 2.43. The van der Waals surface area contributed by atoms with Crippen LogP contribution >= 0.6 is 11.6 Å². The number of benzene rings is 1. The summed E-state index contributed by atoms with van der Waals surface area (Å²) in [5.41, 5.74) is -5.17. The van der Waals surface area contributed by atoms with Crippen LogP contribution in [0.2, 0.25) is 5.02 Å². The number of aliphatic hydroxyl groups is 1. The smallest absolute Gasteiger partial charge is 0.381 e. The van der Waals surface area contributed by atoms with Crippen LogP contribution < -0.4 is 10.6 Å². The SMILES string of the molecule is CC(C)(C)c1ccc(NC(=O)[C@H](NC(=O)C(O)(C(F)(F)F)C(F)(F)F)C2CCOCC2)cc1Cl. The van der Waals surface area contributed by atoms with Gasteiger partial charge in [-0.1, -0.05) is 38.4 Å². The summed E-state index contributed by atoms with van der Waals surface area (Å²) >= 11 is 6.25. The molecule has 2 amide bonds. The highest BCUT2D eigenvalue weighted by atomic mass is 35.5. The topological polar surface area (TPSA) is 87.7 Å². The summed E-state index contributed by atoms with van der Waals surface area (Å²) in [5, 5.41) is 13.5. The van der Waals surface area contributed by atoms with Crippen LogP contribution in [0.1, 0.15) is 39.2 Å². The van der Waals surface area contributed by atoms with Gasteiger partial charge in [-0.2, -0.15) is 26.3 Å². The van der Waals surface area contributed by atoms with Crippen LogP contribution in [0.3, 0.4) is 0 Å². The summed E-state index contributed by atoms with van der Waals surface area (Å²) in [6.45, 7) is 5.85. The van der Waals surface area contributed by atoms with Gasteiger partial charge in [0.05, 0.1) is 0 Å². The van der Waals surface area contributed by atoms with E-state index in [1.807, 2.05) is 20.8 Å². The molecule has 0 saturated carbocycles. The zero-order valence-electron chi connectivity index (χ0n) is 18.5. The van der Waals surface area contributed by atoms with Gasteiger partial charge < -0.3 is 20.5 Å². The number of hydrogen-bond donors (Lipinski definition) is 3. The first kappa shape index (κ1) is 28.2. The first-order chi connectivity index (χ1) is 15.4. The lowest BCUT2D eigenvalue weighted by Gasteiger charge is -2.35. The van der Waals surface area contributed by atoms with Crippen molar-refractivity contribution in [3.05, 3.63) is 28.8 Å². The molecule has 6 nitrogen and oxygen atoms in total. The molecule has 1 aromatic rings. The molecule has 2 rings (SSSR count). The average Bonchev–Trinajstić information content (AvgIpc) is 2.69. The lowest BCUT2D eigenvalue weighted by atomic mass is 9.87. The Hall–Kier alpha value is -2.05. The summed E-state index contributed by atoms with van der Waals surface area (Å²) in [4.78, 5) is 25.1. The molecular formula is C21H25ClF6N2O4. The van der Waals surface area contributed by atoms with Crippen molar-refractivity contribution in [1.82, 2.24) is 5.32 Å². The minimum Gasteiger partial charge on any atom is -0.381 e. The minimum absolute atomic E-state index is 0.0819. The first-order valence-electron chi connectivity index (χ1n) is 10.2. The number of amides is 2. The zero-order chi connectivity index (χ0) is 26.1. The van der Waals surface area contributed by atoms with Crippen LogP contribution in [-0.2, 0) is 19.7 Å². The van der Waals surface area contributed by atoms with Gasteiger partial charge in [0.15, 0.2) is 0 Å². The molecule has 1 aromatic carbocycles. The summed E-state index contributed by atoms with van der Waals surface area (Å²) < 4.78 is 83.7. The summed E-state index contributed by atoms with van der Waals surface area (Å²) in [6, 6.07) is 2.65. The molecule has 1 heterocycles. The molecule has 0 radical (unpaired) electrons. The van der Waals surface area contributed by atoms with E-state index in [0.29, 0.717) is 0 Å². The fourth-order valence-corrected chi connectivity index (χ4v) is 4.00. The van der Waals surface area contributed by atoms with E-state index in [1.54, 1.807) is 6.07 Å². The third-order valence-corrected chi connectivity index (χ3v) is 5.81. The van der Waals surface area contributed by atoms with Gasteiger partial charge in [0.25, 0.3) is 5.91 Å². The molecule has 34 heavy (non-hydrogen) atoms. The van der Waals surface area contributed by atoms with Crippen LogP contribution in [0, 0.1) is 5.92 Å². The molecule has 192 valence electrons. The molecule has 0 spiro atoms. The molecule has 1 aliphatic rings. The van der Waals surface area contributed by atoms with E-state index in [0.717, 1.165) is 5.56 Å². The molecule has 1 fully saturated rings. The summed E-state index contributed by atoms with van der Waals surface area (Å²) in [5.74, 6) is -4.69. The number of alkyl halides is 6. The van der Waals surface area contributed by atoms with Gasteiger partial charge in [-0.25, -0.2) is 0 Å². The predicted octanol–water partition coefficient (Wildman–Crippen LogP) is 4.34. The zero-order valence-corrected chi connectivity index (χ0v) is 19.3. The van der Waals surface area contributed by atoms with E-state index in [1.165, 1.54) is 17.4 Å². The quantitative estimate of drug-likeness (QED) is 0.506. The van der Waals surface area contributed by atoms with E-state index >= 15 is 0 Å². The van der Waals surface area contributed by atoms with Crippen molar-refractivity contribution in [2.45, 2.75) is 63.0 Å². The molecule has 3 N–H and O–H groups in total. The number of anilines is 1. The Morgan fingerprint density at radius 3 is 2.03 bits per heavy atom. The number of carbonyl (C=O) groups excluding carboxylic acids is 2. The molecular weight excluding hydrogens is 494 g/mol. The largest absolute Gasteiger partial charge is 0.435 e. The number of rotatable bonds is 5. The van der Waals surface area contributed by atoms with E-state index in [9.17, 15) is 41.0 Å². The van der Waals surface area contributed by atoms with Crippen molar-refractivity contribution in [3.8, 4) is 0 Å². The molecule has 1 atom stereocenters. The van der Waals surface area contributed by atoms with E-state index < -0.39 is 41.7 Å². The number of halogens is 7. The second-order valence-corrected chi connectivity index (χ2v) is 9.45. The third-order valence-electron chi connectivity index (χ3n) is 5.50. The maximum atomic E-state index is 13.1. The van der Waals surface area contributed by atoms with Crippen LogP contribution in [0.5, 0.6) is 0 Å². The van der Waals surface area contributed by atoms with Gasteiger partial charge in [-0.3, -0.25) is 9.59 Å². The maximum absolute atomic E-state index is 13.1. The molecule has 0 aliphatic carbocycles. The van der Waals surface area contributed by atoms with Gasteiger partial charge in [0, 0.05) is 23.9 Å². The maximum Gasteiger partial charge on any atom is 0.435 e. The first-order valence-corrected chi connectivity index (χ1v) is 10.6. The van der Waals surface area contributed by atoms with Crippen LogP contribution in [0.15, 0.2) is 18.2 Å². The number of ether oxygens (including phenoxy) is 1. The standard InChI is InChI=1S/C21H25ClF6N2O4/c1-18(2,3)13-5-4-12(10-14(13)22)29-16(31)15(11-6-8-34-9-7-11)30-17(32)19(33,20(23,24)25)21(26,27)28/h4-5,10-11,15,33H,6-9H2,1-3H3,(H,29,31)(H,30,32)/t15-/m1/s1. The average molecular weight is 519 g/mol. The van der Waals surface area contributed by atoms with Gasteiger partial charge in [-0.15, -0.1) is 0 Å². The molecule has 1 aliphatic heterocycles. The van der Waals surface area contributed by atoms with Crippen molar-refractivity contribution in [1.29, 1.82) is 0 Å². The predicted molar refractivity (Wildman–Crippen MR) is 111 cm³/mol. The minimum atomic E-state index is -6.37. The van der Waals surface area contributed by atoms with Crippen molar-refractivity contribution in [2.24, 2.45) is 5.92 Å². The lowest BCUT2D eigenvalue weighted by Crippen LogP contribution is -2.68. The second kappa shape index (κ2) is 9.90. The summed E-state index contributed by atoms with van der Waals surface area (Å²) in [7, 11) is 0. The van der Waals surface area contributed by atoms with E-state index in [2.05, 4.69) is 5.32 Å². The second-order valence-electron chi connectivity index (χ2n) is 9.04. The highest BCUT2D eigenvalue weighted by Gasteiger charge is 2.75. The Morgan fingerprint density at radius 2 is 1.59 bits per heavy atom. The van der Waals surface area contributed by atoms with Crippen LogP contribution in [-0.4, -0.2) is 54.1 Å². The molecule has 13 heteroatoms. The fourth-order valence-electron chi connectivity index (χ4n) is 3.53. The van der Waals surface area contributed by atoms with Gasteiger partial charge in [0.1, 0.15) is 6.04 Å². The lowest BCUT2D eigenvalue weighted by molar-refractivity contribution is -0.350. The monoisotopic (exact) mass is 518 g/mol. The Labute approximate surface area is 197 Å². The van der Waals surface area contributed by atoms with Crippen LogP contribution in [0.4, 0.5) is 32.0 Å². The van der Waals surface area contributed by atoms with Crippen molar-refractivity contribution < 1.29 is 45.8 Å². The van der Waals surface area contributed by atoms with Gasteiger partial charge in [0.2, 0.25) is 5.91 Å². The fraction of sp³-hybridized carbons (Fsp3) is 0.619. The van der Waals surface area contributed by atoms with Crippen molar-refractivity contribution in [3.63, 3.8) is 0 Å².